The van der Waals surface area contributed by atoms with Gasteiger partial charge in [-0.25, -0.2) is 0 Å². The van der Waals surface area contributed by atoms with Gasteiger partial charge in [-0.3, -0.25) is 4.79 Å². The van der Waals surface area contributed by atoms with Crippen LogP contribution in [0.1, 0.15) is 264 Å². The van der Waals surface area contributed by atoms with Crippen LogP contribution in [-0.4, -0.2) is 140 Å². The van der Waals surface area contributed by atoms with Crippen molar-refractivity contribution in [3.63, 3.8) is 0 Å². The number of rotatable bonds is 55. The number of hydrogen-bond donors (Lipinski definition) is 9. The predicted molar refractivity (Wildman–Crippen MR) is 346 cm³/mol. The summed E-state index contributed by atoms with van der Waals surface area (Å²) in [5.74, 6) is -0.249. The Balaban J connectivity index is 1.66. The summed E-state index contributed by atoms with van der Waals surface area (Å²) in [5, 5.41) is 87.3. The Morgan fingerprint density at radius 1 is 0.435 bits per heavy atom. The fourth-order valence-electron chi connectivity index (χ4n) is 10.9. The van der Waals surface area contributed by atoms with Gasteiger partial charge >= 0.3 is 0 Å². The molecule has 12 unspecified atom stereocenters. The lowest BCUT2D eigenvalue weighted by Crippen LogP contribution is -2.65. The zero-order chi connectivity index (χ0) is 61.6. The number of aliphatic hydroxyl groups excluding tert-OH is 8. The molecule has 2 heterocycles. The summed E-state index contributed by atoms with van der Waals surface area (Å²) in [5.41, 5.74) is 0. The second-order valence-corrected chi connectivity index (χ2v) is 23.9. The molecule has 0 aromatic carbocycles. The van der Waals surface area contributed by atoms with Gasteiger partial charge in [0, 0.05) is 6.42 Å². The Hall–Kier alpha value is -2.83. The number of ether oxygens (including phenoxy) is 4. The lowest BCUT2D eigenvalue weighted by atomic mass is 9.97. The molecule has 12 atom stereocenters. The van der Waals surface area contributed by atoms with Crippen molar-refractivity contribution in [3.05, 3.63) is 85.1 Å². The molecule has 0 radical (unpaired) electrons. The SMILES string of the molecule is CC/C=C\C/C=C\C/C=C\C/C=C\C/C=C\CCCCCCCCCCCCCCCCCCCC(=O)NC(COC1OC(CO)C(OC2OC(CO)C(O)C(O)C2O)C(O)C1O)C(O)/C=C/CC/C=C/CCCCCCCCCCCCCC. The van der Waals surface area contributed by atoms with Crippen LogP contribution in [0.4, 0.5) is 0 Å². The van der Waals surface area contributed by atoms with E-state index in [1.165, 1.54) is 167 Å². The lowest BCUT2D eigenvalue weighted by Gasteiger charge is -2.46. The van der Waals surface area contributed by atoms with Crippen LogP contribution in [-0.2, 0) is 23.7 Å². The van der Waals surface area contributed by atoms with Crippen LogP contribution in [0.3, 0.4) is 0 Å². The van der Waals surface area contributed by atoms with E-state index in [1.807, 2.05) is 6.08 Å². The van der Waals surface area contributed by atoms with E-state index in [-0.39, 0.29) is 18.9 Å². The molecule has 2 aliphatic heterocycles. The molecule has 2 aliphatic rings. The highest BCUT2D eigenvalue weighted by Gasteiger charge is 2.51. The van der Waals surface area contributed by atoms with Gasteiger partial charge in [-0.1, -0.05) is 266 Å². The number of aliphatic hydroxyl groups is 8. The topological polar surface area (TPSA) is 228 Å². The molecule has 0 bridgehead atoms. The number of carbonyl (C=O) groups excluding carboxylic acids is 1. The minimum absolute atomic E-state index is 0.249. The number of carbonyl (C=O) groups is 1. The molecule has 2 rings (SSSR count). The average Bonchev–Trinajstić information content (AvgIpc) is 3.29. The largest absolute Gasteiger partial charge is 0.394 e. The second-order valence-electron chi connectivity index (χ2n) is 23.9. The molecule has 0 aliphatic carbocycles. The summed E-state index contributed by atoms with van der Waals surface area (Å²) < 4.78 is 22.8. The summed E-state index contributed by atoms with van der Waals surface area (Å²) in [6, 6.07) is -0.935. The van der Waals surface area contributed by atoms with Crippen molar-refractivity contribution >= 4 is 5.91 Å². The summed E-state index contributed by atoms with van der Waals surface area (Å²) in [4.78, 5) is 13.3. The zero-order valence-corrected chi connectivity index (χ0v) is 53.3. The summed E-state index contributed by atoms with van der Waals surface area (Å²) in [6.07, 6.45) is 59.2. The first kappa shape index (κ1) is 78.3. The molecule has 2 saturated heterocycles. The van der Waals surface area contributed by atoms with Gasteiger partial charge in [-0.15, -0.1) is 0 Å². The van der Waals surface area contributed by atoms with Crippen LogP contribution in [0, 0.1) is 0 Å². The van der Waals surface area contributed by atoms with Crippen molar-refractivity contribution in [2.75, 3.05) is 19.8 Å². The van der Waals surface area contributed by atoms with Gasteiger partial charge < -0.3 is 65.1 Å². The average molecular weight is 1200 g/mol. The Morgan fingerprint density at radius 3 is 1.29 bits per heavy atom. The first-order chi connectivity index (χ1) is 41.6. The van der Waals surface area contributed by atoms with Crippen LogP contribution in [0.15, 0.2) is 85.1 Å². The molecule has 14 nitrogen and oxygen atoms in total. The van der Waals surface area contributed by atoms with E-state index in [0.29, 0.717) is 12.8 Å². The van der Waals surface area contributed by atoms with Gasteiger partial charge in [0.1, 0.15) is 48.8 Å². The van der Waals surface area contributed by atoms with E-state index in [9.17, 15) is 45.6 Å². The molecule has 9 N–H and O–H groups in total. The van der Waals surface area contributed by atoms with E-state index in [0.717, 1.165) is 64.2 Å². The molecule has 0 aromatic heterocycles. The molecule has 0 saturated carbocycles. The number of amides is 1. The Bertz CT molecular complexity index is 1750. The summed E-state index contributed by atoms with van der Waals surface area (Å²) >= 11 is 0. The number of hydrogen-bond acceptors (Lipinski definition) is 13. The van der Waals surface area contributed by atoms with Gasteiger partial charge in [0.2, 0.25) is 5.91 Å². The smallest absolute Gasteiger partial charge is 0.220 e. The molecular weight excluding hydrogens is 1070 g/mol. The van der Waals surface area contributed by atoms with Crippen LogP contribution >= 0.6 is 0 Å². The van der Waals surface area contributed by atoms with E-state index < -0.39 is 86.8 Å². The molecule has 1 amide bonds. The van der Waals surface area contributed by atoms with Crippen molar-refractivity contribution in [2.24, 2.45) is 0 Å². The van der Waals surface area contributed by atoms with Gasteiger partial charge in [-0.05, 0) is 77.0 Å². The fraction of sp³-hybridized carbons (Fsp3) is 0.789. The summed E-state index contributed by atoms with van der Waals surface area (Å²) in [7, 11) is 0. The van der Waals surface area contributed by atoms with Crippen LogP contribution in [0.2, 0.25) is 0 Å². The van der Waals surface area contributed by atoms with Crippen LogP contribution in [0.5, 0.6) is 0 Å². The first-order valence-corrected chi connectivity index (χ1v) is 34.3. The van der Waals surface area contributed by atoms with Gasteiger partial charge in [0.15, 0.2) is 12.6 Å². The third-order valence-corrected chi connectivity index (χ3v) is 16.3. The molecular formula is C71H125NO13. The normalized spacial score (nSPS) is 24.1. The molecule has 492 valence electrons. The Morgan fingerprint density at radius 2 is 0.824 bits per heavy atom. The quantitative estimate of drug-likeness (QED) is 0.0204. The van der Waals surface area contributed by atoms with E-state index in [4.69, 9.17) is 18.9 Å². The minimum Gasteiger partial charge on any atom is -0.394 e. The van der Waals surface area contributed by atoms with Crippen molar-refractivity contribution in [2.45, 2.75) is 338 Å². The second kappa shape index (κ2) is 55.3. The fourth-order valence-corrected chi connectivity index (χ4v) is 10.9. The van der Waals surface area contributed by atoms with Gasteiger partial charge in [0.05, 0.1) is 32.0 Å². The highest BCUT2D eigenvalue weighted by atomic mass is 16.7. The van der Waals surface area contributed by atoms with Gasteiger partial charge in [-0.2, -0.15) is 0 Å². The maximum Gasteiger partial charge on any atom is 0.220 e. The molecule has 0 aromatic rings. The molecule has 0 spiro atoms. The molecule has 14 heteroatoms. The Labute approximate surface area is 516 Å². The van der Waals surface area contributed by atoms with Crippen molar-refractivity contribution in [1.82, 2.24) is 5.32 Å². The van der Waals surface area contributed by atoms with Gasteiger partial charge in [0.25, 0.3) is 0 Å². The van der Waals surface area contributed by atoms with Crippen LogP contribution < -0.4 is 5.32 Å². The first-order valence-electron chi connectivity index (χ1n) is 34.3. The third kappa shape index (κ3) is 39.7. The molecule has 85 heavy (non-hydrogen) atoms. The number of nitrogens with one attached hydrogen (secondary N) is 1. The summed E-state index contributed by atoms with van der Waals surface area (Å²) in [6.45, 7) is 2.68. The van der Waals surface area contributed by atoms with E-state index in [2.05, 4.69) is 92.1 Å². The van der Waals surface area contributed by atoms with E-state index >= 15 is 0 Å². The highest BCUT2D eigenvalue weighted by molar-refractivity contribution is 5.76. The monoisotopic (exact) mass is 1200 g/mol. The standard InChI is InChI=1S/C71H125NO13/c1-3-5-7-9-11-13-15-17-19-21-23-24-25-26-27-28-29-30-31-32-33-34-35-36-37-39-41-43-45-47-49-51-53-55-63(76)72-59(60(75)54-52-50-48-46-44-42-40-38-22-20-18-16-14-12-10-8-6-4-2)58-82-70-68(81)66(79)69(62(57-74)84-70)85-71-67(80)65(78)64(77)61(56-73)83-71/h5,7,11,13,17,19,23-24,26-27,44,46,52,54,59-62,64-71,73-75,77-81H,3-4,6,8-10,12,14-16,18,20-22,25,28-43,45,47-51,53,55-58H2,1-2H3,(H,72,76)/b7-5-,13-11-,19-17-,24-23-,27-26-,46-44+,54-52+. The van der Waals surface area contributed by atoms with Crippen molar-refractivity contribution in [3.8, 4) is 0 Å². The van der Waals surface area contributed by atoms with Crippen molar-refractivity contribution in [1.29, 1.82) is 0 Å². The predicted octanol–water partition coefficient (Wildman–Crippen LogP) is 13.6. The highest BCUT2D eigenvalue weighted by Crippen LogP contribution is 2.30. The zero-order valence-electron chi connectivity index (χ0n) is 53.3. The Kier molecular flexibility index (Phi) is 50.9. The third-order valence-electron chi connectivity index (χ3n) is 16.3. The van der Waals surface area contributed by atoms with Crippen LogP contribution in [0.25, 0.3) is 0 Å². The van der Waals surface area contributed by atoms with E-state index in [1.54, 1.807) is 6.08 Å². The number of allylic oxidation sites excluding steroid dienone is 13. The minimum atomic E-state index is -1.79. The van der Waals surface area contributed by atoms with Crippen molar-refractivity contribution < 1.29 is 64.6 Å². The maximum absolute atomic E-state index is 13.3. The lowest BCUT2D eigenvalue weighted by molar-refractivity contribution is -0.359. The molecule has 2 fully saturated rings. The number of unbranched alkanes of at least 4 members (excludes halogenated alkanes) is 30. The maximum atomic E-state index is 13.3.